The number of carbonyl (C=O) groups is 3. The predicted octanol–water partition coefficient (Wildman–Crippen LogP) is 1.68. The van der Waals surface area contributed by atoms with Crippen molar-refractivity contribution in [2.45, 2.75) is 6.92 Å². The van der Waals surface area contributed by atoms with Crippen LogP contribution in [-0.2, 0) is 14.3 Å². The Bertz CT molecular complexity index is 571. The predicted molar refractivity (Wildman–Crippen MR) is 73.5 cm³/mol. The van der Waals surface area contributed by atoms with Crippen molar-refractivity contribution in [3.05, 3.63) is 35.0 Å². The summed E-state index contributed by atoms with van der Waals surface area (Å²) in [5.74, 6) is -1.08. The molecule has 0 N–H and O–H groups in total. The topological polar surface area (TPSA) is 76.6 Å². The number of nitrogens with zero attached hydrogens (tertiary/aromatic N) is 2. The summed E-state index contributed by atoms with van der Waals surface area (Å²) in [7, 11) is 0. The van der Waals surface area contributed by atoms with Crippen molar-refractivity contribution >= 4 is 35.0 Å². The van der Waals surface area contributed by atoms with E-state index in [4.69, 9.17) is 4.74 Å². The summed E-state index contributed by atoms with van der Waals surface area (Å²) in [6, 6.07) is 3.44. The first-order chi connectivity index (χ1) is 9.61. The molecule has 0 spiro atoms. The van der Waals surface area contributed by atoms with Gasteiger partial charge in [0.25, 0.3) is 11.1 Å². The number of hydrogen-bond donors (Lipinski definition) is 0. The summed E-state index contributed by atoms with van der Waals surface area (Å²) in [4.78, 5) is 40.2. The smallest absolute Gasteiger partial charge is 0.326 e. The Kier molecular flexibility index (Phi) is 4.52. The van der Waals surface area contributed by atoms with Gasteiger partial charge in [-0.25, -0.2) is 0 Å². The van der Waals surface area contributed by atoms with E-state index in [1.807, 2.05) is 0 Å². The molecule has 0 unspecified atom stereocenters. The lowest BCUT2D eigenvalue weighted by Gasteiger charge is -2.10. The number of imide groups is 1. The second-order valence-corrected chi connectivity index (χ2v) is 4.85. The number of rotatable bonds is 4. The molecule has 2 amide bonds. The fraction of sp³-hybridized carbons (Fsp3) is 0.231. The minimum Gasteiger partial charge on any atom is -0.465 e. The van der Waals surface area contributed by atoms with Gasteiger partial charge in [-0.3, -0.25) is 24.3 Å². The molecule has 1 aromatic heterocycles. The summed E-state index contributed by atoms with van der Waals surface area (Å²) in [6.45, 7) is 1.52. The van der Waals surface area contributed by atoms with Crippen molar-refractivity contribution in [1.29, 1.82) is 0 Å². The van der Waals surface area contributed by atoms with Gasteiger partial charge in [0, 0.05) is 12.4 Å². The van der Waals surface area contributed by atoms with Crippen LogP contribution in [0.2, 0.25) is 0 Å². The Balaban J connectivity index is 2.13. The van der Waals surface area contributed by atoms with Crippen LogP contribution in [0.1, 0.15) is 12.5 Å². The molecule has 1 aliphatic rings. The minimum absolute atomic E-state index is 0.210. The van der Waals surface area contributed by atoms with Gasteiger partial charge in [-0.2, -0.15) is 0 Å². The molecule has 1 saturated heterocycles. The van der Waals surface area contributed by atoms with Gasteiger partial charge >= 0.3 is 5.97 Å². The molecule has 1 aromatic rings. The number of ether oxygens (including phenoxy) is 1. The van der Waals surface area contributed by atoms with Crippen molar-refractivity contribution in [3.8, 4) is 0 Å². The van der Waals surface area contributed by atoms with Gasteiger partial charge in [0.15, 0.2) is 0 Å². The van der Waals surface area contributed by atoms with E-state index in [1.165, 1.54) is 0 Å². The Morgan fingerprint density at radius 2 is 2.10 bits per heavy atom. The van der Waals surface area contributed by atoms with Gasteiger partial charge in [0.1, 0.15) is 6.54 Å². The molecule has 0 saturated carbocycles. The highest BCUT2D eigenvalue weighted by atomic mass is 32.2. The van der Waals surface area contributed by atoms with E-state index in [1.54, 1.807) is 37.5 Å². The maximum absolute atomic E-state index is 12.1. The summed E-state index contributed by atoms with van der Waals surface area (Å²) < 4.78 is 4.73. The first-order valence-electron chi connectivity index (χ1n) is 5.93. The molecule has 0 bridgehead atoms. The molecular formula is C13H12N2O4S. The lowest BCUT2D eigenvalue weighted by Crippen LogP contribution is -2.34. The Morgan fingerprint density at radius 1 is 1.40 bits per heavy atom. The lowest BCUT2D eigenvalue weighted by atomic mass is 10.2. The van der Waals surface area contributed by atoms with Crippen LogP contribution in [0.4, 0.5) is 4.79 Å². The maximum Gasteiger partial charge on any atom is 0.326 e. The number of thioether (sulfide) groups is 1. The quantitative estimate of drug-likeness (QED) is 0.621. The van der Waals surface area contributed by atoms with Crippen molar-refractivity contribution in [3.63, 3.8) is 0 Å². The number of esters is 1. The number of aromatic nitrogens is 1. The van der Waals surface area contributed by atoms with Crippen LogP contribution in [0.15, 0.2) is 29.4 Å². The largest absolute Gasteiger partial charge is 0.465 e. The summed E-state index contributed by atoms with van der Waals surface area (Å²) >= 11 is 0.807. The van der Waals surface area contributed by atoms with E-state index >= 15 is 0 Å². The number of amides is 2. The van der Waals surface area contributed by atoms with Crippen molar-refractivity contribution in [2.24, 2.45) is 0 Å². The molecule has 104 valence electrons. The minimum atomic E-state index is -0.597. The zero-order valence-electron chi connectivity index (χ0n) is 10.7. The van der Waals surface area contributed by atoms with E-state index in [-0.39, 0.29) is 18.1 Å². The second-order valence-electron chi connectivity index (χ2n) is 3.85. The van der Waals surface area contributed by atoms with Crippen molar-refractivity contribution in [2.75, 3.05) is 13.2 Å². The Labute approximate surface area is 119 Å². The van der Waals surface area contributed by atoms with E-state index in [2.05, 4.69) is 4.98 Å². The van der Waals surface area contributed by atoms with Crippen LogP contribution in [0.3, 0.4) is 0 Å². The molecule has 20 heavy (non-hydrogen) atoms. The molecule has 0 atom stereocenters. The van der Waals surface area contributed by atoms with E-state index in [0.29, 0.717) is 0 Å². The third-order valence-electron chi connectivity index (χ3n) is 2.47. The highest BCUT2D eigenvalue weighted by Crippen LogP contribution is 2.31. The highest BCUT2D eigenvalue weighted by Gasteiger charge is 2.36. The molecule has 0 aliphatic carbocycles. The molecule has 0 aromatic carbocycles. The average molecular weight is 292 g/mol. The van der Waals surface area contributed by atoms with Gasteiger partial charge in [0.2, 0.25) is 0 Å². The SMILES string of the molecule is CCOC(=O)CN1C(=O)S/C(=C/c2ccncc2)C1=O. The standard InChI is InChI=1S/C13H12N2O4S/c1-2-19-11(16)8-15-12(17)10(20-13(15)18)7-9-3-5-14-6-4-9/h3-7H,2,8H2,1H3/b10-7+. The van der Waals surface area contributed by atoms with Gasteiger partial charge < -0.3 is 4.74 Å². The fourth-order valence-corrected chi connectivity index (χ4v) is 2.42. The summed E-state index contributed by atoms with van der Waals surface area (Å²) in [5, 5.41) is -0.469. The number of pyridine rings is 1. The molecule has 2 rings (SSSR count). The normalized spacial score (nSPS) is 16.9. The molecule has 1 aliphatic heterocycles. The van der Waals surface area contributed by atoms with Crippen LogP contribution in [0, 0.1) is 0 Å². The zero-order chi connectivity index (χ0) is 14.5. The van der Waals surface area contributed by atoms with E-state index in [9.17, 15) is 14.4 Å². The number of hydrogen-bond acceptors (Lipinski definition) is 6. The molecule has 7 heteroatoms. The summed E-state index contributed by atoms with van der Waals surface area (Å²) in [6.07, 6.45) is 4.78. The fourth-order valence-electron chi connectivity index (χ4n) is 1.58. The third-order valence-corrected chi connectivity index (χ3v) is 3.38. The van der Waals surface area contributed by atoms with Crippen LogP contribution < -0.4 is 0 Å². The van der Waals surface area contributed by atoms with Gasteiger partial charge in [-0.1, -0.05) is 0 Å². The molecular weight excluding hydrogens is 280 g/mol. The van der Waals surface area contributed by atoms with E-state index in [0.717, 1.165) is 22.2 Å². The van der Waals surface area contributed by atoms with Crippen molar-refractivity contribution < 1.29 is 19.1 Å². The molecule has 1 fully saturated rings. The molecule has 0 radical (unpaired) electrons. The van der Waals surface area contributed by atoms with Crippen LogP contribution >= 0.6 is 11.8 Å². The van der Waals surface area contributed by atoms with Gasteiger partial charge in [-0.15, -0.1) is 0 Å². The Morgan fingerprint density at radius 3 is 2.75 bits per heavy atom. The highest BCUT2D eigenvalue weighted by molar-refractivity contribution is 8.18. The first-order valence-corrected chi connectivity index (χ1v) is 6.74. The van der Waals surface area contributed by atoms with Crippen LogP contribution in [-0.4, -0.2) is 40.2 Å². The third kappa shape index (κ3) is 3.24. The molecule has 2 heterocycles. The Hall–Kier alpha value is -2.15. The van der Waals surface area contributed by atoms with Crippen molar-refractivity contribution in [1.82, 2.24) is 9.88 Å². The monoisotopic (exact) mass is 292 g/mol. The first kappa shape index (κ1) is 14.3. The number of carbonyl (C=O) groups excluding carboxylic acids is 3. The van der Waals surface area contributed by atoms with Crippen LogP contribution in [0.25, 0.3) is 6.08 Å². The van der Waals surface area contributed by atoms with E-state index < -0.39 is 17.1 Å². The second kappa shape index (κ2) is 6.33. The summed E-state index contributed by atoms with van der Waals surface area (Å²) in [5.41, 5.74) is 0.765. The van der Waals surface area contributed by atoms with Gasteiger partial charge in [0.05, 0.1) is 11.5 Å². The maximum atomic E-state index is 12.1. The van der Waals surface area contributed by atoms with Crippen LogP contribution in [0.5, 0.6) is 0 Å². The lowest BCUT2D eigenvalue weighted by molar-refractivity contribution is -0.145. The molecule has 6 nitrogen and oxygen atoms in total. The van der Waals surface area contributed by atoms with Gasteiger partial charge in [-0.05, 0) is 42.5 Å². The average Bonchev–Trinajstić information content (AvgIpc) is 2.68. The zero-order valence-corrected chi connectivity index (χ0v) is 11.6.